The predicted octanol–water partition coefficient (Wildman–Crippen LogP) is 2.71. The maximum absolute atomic E-state index is 12.4. The number of rotatable bonds is 3. The summed E-state index contributed by atoms with van der Waals surface area (Å²) in [4.78, 5) is 27.3. The molecule has 0 radical (unpaired) electrons. The summed E-state index contributed by atoms with van der Waals surface area (Å²) in [7, 11) is 0. The molecule has 0 aliphatic carbocycles. The van der Waals surface area contributed by atoms with E-state index >= 15 is 0 Å². The molecule has 4 rings (SSSR count). The molecule has 0 aliphatic heterocycles. The molecule has 1 amide bonds. The smallest absolute Gasteiger partial charge is 0.272 e. The Hall–Kier alpha value is -3.34. The van der Waals surface area contributed by atoms with Gasteiger partial charge in [-0.1, -0.05) is 30.3 Å². The molecule has 0 spiro atoms. The zero-order valence-electron chi connectivity index (χ0n) is 12.8. The fourth-order valence-corrected chi connectivity index (χ4v) is 2.83. The van der Waals surface area contributed by atoms with Gasteiger partial charge in [0, 0.05) is 18.3 Å². The number of carbonyl (C=O) groups excluding carboxylic acids is 1. The zero-order valence-corrected chi connectivity index (χ0v) is 12.8. The van der Waals surface area contributed by atoms with Gasteiger partial charge in [0.05, 0.1) is 11.0 Å². The third-order valence-corrected chi connectivity index (χ3v) is 4.04. The maximum Gasteiger partial charge on any atom is 0.272 e. The van der Waals surface area contributed by atoms with E-state index in [-0.39, 0.29) is 11.5 Å². The van der Waals surface area contributed by atoms with Crippen LogP contribution in [0.5, 0.6) is 0 Å². The van der Waals surface area contributed by atoms with Crippen molar-refractivity contribution < 1.29 is 4.79 Å². The van der Waals surface area contributed by atoms with Gasteiger partial charge in [-0.2, -0.15) is 0 Å². The minimum absolute atomic E-state index is 0.172. The Kier molecular flexibility index (Phi) is 3.39. The van der Waals surface area contributed by atoms with E-state index in [1.54, 1.807) is 18.2 Å². The predicted molar refractivity (Wildman–Crippen MR) is 93.1 cm³/mol. The van der Waals surface area contributed by atoms with E-state index in [0.717, 1.165) is 11.1 Å². The molecule has 0 unspecified atom stereocenters. The Balaban J connectivity index is 1.66. The van der Waals surface area contributed by atoms with Gasteiger partial charge in [-0.3, -0.25) is 9.59 Å². The SMILES string of the molecule is O=C(NCc1ccccc1)c1ccc2c(c1)[nH]c(=O)c1cccn12. The lowest BCUT2D eigenvalue weighted by Gasteiger charge is -2.07. The molecule has 0 saturated carbocycles. The first-order valence-electron chi connectivity index (χ1n) is 7.67. The zero-order chi connectivity index (χ0) is 16.5. The van der Waals surface area contributed by atoms with Crippen LogP contribution in [0.3, 0.4) is 0 Å². The van der Waals surface area contributed by atoms with Crippen LogP contribution in [0.2, 0.25) is 0 Å². The summed E-state index contributed by atoms with van der Waals surface area (Å²) in [5.41, 5.74) is 3.46. The molecule has 118 valence electrons. The Morgan fingerprint density at radius 2 is 1.83 bits per heavy atom. The Morgan fingerprint density at radius 3 is 2.67 bits per heavy atom. The fraction of sp³-hybridized carbons (Fsp3) is 0.0526. The van der Waals surface area contributed by atoms with Crippen molar-refractivity contribution in [2.24, 2.45) is 0 Å². The van der Waals surface area contributed by atoms with Crippen LogP contribution in [-0.4, -0.2) is 15.3 Å². The van der Waals surface area contributed by atoms with Gasteiger partial charge in [0.2, 0.25) is 0 Å². The second kappa shape index (κ2) is 5.70. The van der Waals surface area contributed by atoms with Gasteiger partial charge in [0.1, 0.15) is 5.52 Å². The summed E-state index contributed by atoms with van der Waals surface area (Å²) in [6.07, 6.45) is 1.84. The van der Waals surface area contributed by atoms with Crippen molar-refractivity contribution in [2.45, 2.75) is 6.54 Å². The first-order chi connectivity index (χ1) is 11.7. The molecule has 5 heteroatoms. The van der Waals surface area contributed by atoms with Gasteiger partial charge >= 0.3 is 0 Å². The average Bonchev–Trinajstić information content (AvgIpc) is 3.11. The van der Waals surface area contributed by atoms with Crippen LogP contribution in [0.4, 0.5) is 0 Å². The molecule has 5 nitrogen and oxygen atoms in total. The van der Waals surface area contributed by atoms with Crippen LogP contribution in [-0.2, 0) is 6.54 Å². The number of fused-ring (bicyclic) bond motifs is 3. The van der Waals surface area contributed by atoms with Crippen LogP contribution in [0.25, 0.3) is 16.6 Å². The molecule has 2 N–H and O–H groups in total. The van der Waals surface area contributed by atoms with Crippen molar-refractivity contribution in [3.05, 3.63) is 88.3 Å². The van der Waals surface area contributed by atoms with Crippen molar-refractivity contribution in [3.8, 4) is 0 Å². The number of carbonyl (C=O) groups is 1. The molecule has 2 aromatic heterocycles. The number of hydrogen-bond acceptors (Lipinski definition) is 2. The molecule has 4 aromatic rings. The van der Waals surface area contributed by atoms with Crippen LogP contribution in [0.15, 0.2) is 71.7 Å². The number of H-pyrrole nitrogens is 1. The van der Waals surface area contributed by atoms with Gasteiger partial charge in [-0.25, -0.2) is 0 Å². The lowest BCUT2D eigenvalue weighted by Crippen LogP contribution is -2.23. The molecule has 0 aliphatic rings. The highest BCUT2D eigenvalue weighted by molar-refractivity contribution is 5.97. The molecule has 2 aromatic carbocycles. The Morgan fingerprint density at radius 1 is 1.00 bits per heavy atom. The lowest BCUT2D eigenvalue weighted by molar-refractivity contribution is 0.0951. The van der Waals surface area contributed by atoms with Crippen LogP contribution in [0.1, 0.15) is 15.9 Å². The second-order valence-corrected chi connectivity index (χ2v) is 5.62. The Labute approximate surface area is 137 Å². The number of nitrogens with zero attached hydrogens (tertiary/aromatic N) is 1. The lowest BCUT2D eigenvalue weighted by atomic mass is 10.1. The third kappa shape index (κ3) is 2.46. The molecule has 2 heterocycles. The summed E-state index contributed by atoms with van der Waals surface area (Å²) < 4.78 is 1.82. The first-order valence-corrected chi connectivity index (χ1v) is 7.67. The van der Waals surface area contributed by atoms with Gasteiger partial charge < -0.3 is 14.7 Å². The Bertz CT molecular complexity index is 1090. The number of hydrogen-bond donors (Lipinski definition) is 2. The van der Waals surface area contributed by atoms with E-state index in [4.69, 9.17) is 0 Å². The third-order valence-electron chi connectivity index (χ3n) is 4.04. The number of amides is 1. The first kappa shape index (κ1) is 14.3. The van der Waals surface area contributed by atoms with E-state index in [1.807, 2.05) is 53.1 Å². The summed E-state index contributed by atoms with van der Waals surface area (Å²) >= 11 is 0. The standard InChI is InChI=1S/C19H15N3O2/c23-18(20-12-13-5-2-1-3-6-13)14-8-9-16-15(11-14)21-19(24)17-7-4-10-22(16)17/h1-11H,12H2,(H,20,23)(H,21,24). The summed E-state index contributed by atoms with van der Waals surface area (Å²) in [6, 6.07) is 18.6. The van der Waals surface area contributed by atoms with Crippen molar-refractivity contribution in [3.63, 3.8) is 0 Å². The van der Waals surface area contributed by atoms with Crippen LogP contribution in [0, 0.1) is 0 Å². The van der Waals surface area contributed by atoms with Crippen LogP contribution < -0.4 is 10.9 Å². The van der Waals surface area contributed by atoms with Gasteiger partial charge in [0.15, 0.2) is 0 Å². The van der Waals surface area contributed by atoms with Gasteiger partial charge in [-0.15, -0.1) is 0 Å². The monoisotopic (exact) mass is 317 g/mol. The van der Waals surface area contributed by atoms with Gasteiger partial charge in [0.25, 0.3) is 11.5 Å². The number of benzene rings is 2. The summed E-state index contributed by atoms with van der Waals surface area (Å²) in [6.45, 7) is 0.463. The largest absolute Gasteiger partial charge is 0.348 e. The van der Waals surface area contributed by atoms with E-state index in [9.17, 15) is 9.59 Å². The minimum atomic E-state index is -0.172. The van der Waals surface area contributed by atoms with E-state index in [2.05, 4.69) is 10.3 Å². The maximum atomic E-state index is 12.4. The van der Waals surface area contributed by atoms with E-state index in [1.165, 1.54) is 0 Å². The molecule has 0 fully saturated rings. The number of nitrogens with one attached hydrogen (secondary N) is 2. The summed E-state index contributed by atoms with van der Waals surface area (Å²) in [5, 5.41) is 2.89. The minimum Gasteiger partial charge on any atom is -0.348 e. The normalized spacial score (nSPS) is 11.0. The highest BCUT2D eigenvalue weighted by atomic mass is 16.1. The highest BCUT2D eigenvalue weighted by Crippen LogP contribution is 2.15. The van der Waals surface area contributed by atoms with Crippen molar-refractivity contribution in [2.75, 3.05) is 0 Å². The number of aromatic nitrogens is 2. The molecule has 0 saturated heterocycles. The van der Waals surface area contributed by atoms with E-state index < -0.39 is 0 Å². The topological polar surface area (TPSA) is 66.4 Å². The van der Waals surface area contributed by atoms with Crippen molar-refractivity contribution in [1.82, 2.24) is 14.7 Å². The number of aromatic amines is 1. The average molecular weight is 317 g/mol. The molecule has 0 bridgehead atoms. The van der Waals surface area contributed by atoms with Gasteiger partial charge in [-0.05, 0) is 35.9 Å². The van der Waals surface area contributed by atoms with E-state index in [0.29, 0.717) is 23.1 Å². The van der Waals surface area contributed by atoms with Crippen LogP contribution >= 0.6 is 0 Å². The second-order valence-electron chi connectivity index (χ2n) is 5.62. The molecule has 24 heavy (non-hydrogen) atoms. The van der Waals surface area contributed by atoms with Crippen molar-refractivity contribution >= 4 is 22.5 Å². The highest BCUT2D eigenvalue weighted by Gasteiger charge is 2.09. The fourth-order valence-electron chi connectivity index (χ4n) is 2.83. The van der Waals surface area contributed by atoms with Crippen molar-refractivity contribution in [1.29, 1.82) is 0 Å². The molecular weight excluding hydrogens is 302 g/mol. The molecule has 0 atom stereocenters. The molecular formula is C19H15N3O2. The summed E-state index contributed by atoms with van der Waals surface area (Å²) in [5.74, 6) is -0.172. The quantitative estimate of drug-likeness (QED) is 0.610.